The Hall–Kier alpha value is -3.22. The predicted molar refractivity (Wildman–Crippen MR) is 101 cm³/mol. The fourth-order valence-electron chi connectivity index (χ4n) is 3.38. The van der Waals surface area contributed by atoms with E-state index in [1.807, 2.05) is 12.1 Å². The molecule has 2 aromatic carbocycles. The highest BCUT2D eigenvalue weighted by Crippen LogP contribution is 2.30. The third kappa shape index (κ3) is 3.60. The predicted octanol–water partition coefficient (Wildman–Crippen LogP) is 2.04. The fraction of sp³-hybridized carbons (Fsp3) is 0.333. The quantitative estimate of drug-likeness (QED) is 0.586. The number of esters is 1. The molecule has 3 amide bonds. The summed E-state index contributed by atoms with van der Waals surface area (Å²) in [6, 6.07) is 11.0. The van der Waals surface area contributed by atoms with Gasteiger partial charge in [-0.3, -0.25) is 24.1 Å². The van der Waals surface area contributed by atoms with Crippen LogP contribution in [-0.2, 0) is 14.3 Å². The summed E-state index contributed by atoms with van der Waals surface area (Å²) in [6.07, 6.45) is 2.24. The van der Waals surface area contributed by atoms with Crippen LogP contribution in [0.3, 0.4) is 0 Å². The van der Waals surface area contributed by atoms with E-state index in [-0.39, 0.29) is 49.8 Å². The van der Waals surface area contributed by atoms with Crippen molar-refractivity contribution in [2.75, 3.05) is 13.2 Å². The van der Waals surface area contributed by atoms with Crippen molar-refractivity contribution in [2.24, 2.45) is 0 Å². The number of hydrogen-bond donors (Lipinski definition) is 1. The van der Waals surface area contributed by atoms with Crippen LogP contribution >= 0.6 is 0 Å². The average molecular weight is 380 g/mol. The van der Waals surface area contributed by atoms with Crippen LogP contribution in [-0.4, -0.2) is 47.8 Å². The van der Waals surface area contributed by atoms with Crippen LogP contribution in [0.15, 0.2) is 36.4 Å². The van der Waals surface area contributed by atoms with E-state index in [0.29, 0.717) is 16.5 Å². The molecule has 1 saturated carbocycles. The van der Waals surface area contributed by atoms with E-state index in [4.69, 9.17) is 4.74 Å². The van der Waals surface area contributed by atoms with E-state index >= 15 is 0 Å². The second kappa shape index (κ2) is 7.42. The number of nitrogens with one attached hydrogen (secondary N) is 1. The van der Waals surface area contributed by atoms with Crippen molar-refractivity contribution in [3.8, 4) is 0 Å². The number of carbonyl (C=O) groups excluding carboxylic acids is 4. The van der Waals surface area contributed by atoms with Crippen LogP contribution in [0.4, 0.5) is 0 Å². The first-order valence-electron chi connectivity index (χ1n) is 9.37. The second-order valence-corrected chi connectivity index (χ2v) is 7.08. The molecule has 0 aromatic heterocycles. The average Bonchev–Trinajstić information content (AvgIpc) is 3.51. The van der Waals surface area contributed by atoms with Gasteiger partial charge >= 0.3 is 5.97 Å². The Balaban J connectivity index is 1.34. The van der Waals surface area contributed by atoms with E-state index in [1.54, 1.807) is 24.3 Å². The molecule has 144 valence electrons. The van der Waals surface area contributed by atoms with Crippen LogP contribution in [0, 0.1) is 0 Å². The van der Waals surface area contributed by atoms with E-state index in [2.05, 4.69) is 5.32 Å². The van der Waals surface area contributed by atoms with E-state index < -0.39 is 5.97 Å². The van der Waals surface area contributed by atoms with Gasteiger partial charge in [-0.05, 0) is 36.8 Å². The lowest BCUT2D eigenvalue weighted by molar-refractivity contribution is -0.148. The Kier molecular flexibility index (Phi) is 4.81. The second-order valence-electron chi connectivity index (χ2n) is 7.08. The van der Waals surface area contributed by atoms with Gasteiger partial charge in [0.1, 0.15) is 0 Å². The van der Waals surface area contributed by atoms with Crippen molar-refractivity contribution < 1.29 is 23.9 Å². The topological polar surface area (TPSA) is 92.8 Å². The van der Waals surface area contributed by atoms with Crippen molar-refractivity contribution in [3.63, 3.8) is 0 Å². The lowest BCUT2D eigenvalue weighted by atomic mass is 9.94. The lowest BCUT2D eigenvalue weighted by Crippen LogP contribution is -2.41. The molecule has 4 rings (SSSR count). The maximum atomic E-state index is 12.7. The van der Waals surface area contributed by atoms with Gasteiger partial charge in [-0.2, -0.15) is 0 Å². The third-order valence-corrected chi connectivity index (χ3v) is 4.93. The molecule has 0 spiro atoms. The molecule has 2 aliphatic rings. The van der Waals surface area contributed by atoms with Gasteiger partial charge in [-0.25, -0.2) is 0 Å². The summed E-state index contributed by atoms with van der Waals surface area (Å²) in [6.45, 7) is -0.182. The number of amides is 3. The van der Waals surface area contributed by atoms with Gasteiger partial charge in [-0.1, -0.05) is 24.3 Å². The highest BCUT2D eigenvalue weighted by Gasteiger charge is 2.32. The molecule has 0 saturated heterocycles. The van der Waals surface area contributed by atoms with Crippen molar-refractivity contribution in [3.05, 3.63) is 47.5 Å². The van der Waals surface area contributed by atoms with Crippen LogP contribution in [0.2, 0.25) is 0 Å². The largest absolute Gasteiger partial charge is 0.456 e. The Morgan fingerprint density at radius 2 is 1.68 bits per heavy atom. The number of benzene rings is 2. The summed E-state index contributed by atoms with van der Waals surface area (Å²) in [7, 11) is 0. The maximum Gasteiger partial charge on any atom is 0.306 e. The van der Waals surface area contributed by atoms with Gasteiger partial charge in [0, 0.05) is 35.5 Å². The molecule has 7 heteroatoms. The highest BCUT2D eigenvalue weighted by molar-refractivity contribution is 6.25. The number of rotatable bonds is 7. The first kappa shape index (κ1) is 18.2. The molecule has 2 aromatic rings. The van der Waals surface area contributed by atoms with E-state index in [1.165, 1.54) is 4.90 Å². The third-order valence-electron chi connectivity index (χ3n) is 4.93. The van der Waals surface area contributed by atoms with Crippen molar-refractivity contribution in [1.29, 1.82) is 0 Å². The molecule has 0 atom stereocenters. The first-order valence-corrected chi connectivity index (χ1v) is 9.37. The lowest BCUT2D eigenvalue weighted by Gasteiger charge is -2.27. The van der Waals surface area contributed by atoms with Gasteiger partial charge in [-0.15, -0.1) is 0 Å². The monoisotopic (exact) mass is 380 g/mol. The summed E-state index contributed by atoms with van der Waals surface area (Å²) in [4.78, 5) is 50.0. The zero-order valence-electron chi connectivity index (χ0n) is 15.3. The standard InChI is InChI=1S/C21H20N2O5/c24-17(22-14-9-10-14)12-28-18(25)8-3-11-23-20(26)15-6-1-4-13-5-2-7-16(19(13)15)21(23)27/h1-2,4-7,14H,3,8-12H2,(H,22,24). The smallest absolute Gasteiger partial charge is 0.306 e. The maximum absolute atomic E-state index is 12.7. The molecule has 0 unspecified atom stereocenters. The van der Waals surface area contributed by atoms with Gasteiger partial charge in [0.2, 0.25) is 0 Å². The van der Waals surface area contributed by atoms with Gasteiger partial charge < -0.3 is 10.1 Å². The number of carbonyl (C=O) groups is 4. The normalized spacial score (nSPS) is 15.6. The zero-order valence-corrected chi connectivity index (χ0v) is 15.3. The van der Waals surface area contributed by atoms with Crippen molar-refractivity contribution in [1.82, 2.24) is 10.2 Å². The number of imide groups is 1. The molecule has 28 heavy (non-hydrogen) atoms. The molecule has 1 fully saturated rings. The summed E-state index contributed by atoms with van der Waals surface area (Å²) < 4.78 is 4.94. The van der Waals surface area contributed by atoms with E-state index in [9.17, 15) is 19.2 Å². The summed E-state index contributed by atoms with van der Waals surface area (Å²) >= 11 is 0. The SMILES string of the molecule is O=C(COC(=O)CCCN1C(=O)c2cccc3cccc(c23)C1=O)NC1CC1. The molecule has 0 bridgehead atoms. The molecule has 0 radical (unpaired) electrons. The Morgan fingerprint density at radius 1 is 1.04 bits per heavy atom. The first-order chi connectivity index (χ1) is 13.5. The highest BCUT2D eigenvalue weighted by atomic mass is 16.5. The number of hydrogen-bond acceptors (Lipinski definition) is 5. The summed E-state index contributed by atoms with van der Waals surface area (Å²) in [5.74, 6) is -1.54. The molecule has 1 aliphatic carbocycles. The van der Waals surface area contributed by atoms with Crippen LogP contribution in [0.1, 0.15) is 46.4 Å². The summed E-state index contributed by atoms with van der Waals surface area (Å²) in [5.41, 5.74) is 0.985. The summed E-state index contributed by atoms with van der Waals surface area (Å²) in [5, 5.41) is 4.26. The Bertz CT molecular complexity index is 929. The molecule has 1 heterocycles. The minimum atomic E-state index is -0.523. The number of ether oxygens (including phenoxy) is 1. The van der Waals surface area contributed by atoms with Gasteiger partial charge in [0.25, 0.3) is 17.7 Å². The Morgan fingerprint density at radius 3 is 2.29 bits per heavy atom. The molecule has 7 nitrogen and oxygen atoms in total. The van der Waals surface area contributed by atoms with Crippen LogP contribution in [0.5, 0.6) is 0 Å². The van der Waals surface area contributed by atoms with Crippen molar-refractivity contribution >= 4 is 34.5 Å². The minimum Gasteiger partial charge on any atom is -0.456 e. The fourth-order valence-corrected chi connectivity index (χ4v) is 3.38. The molecule has 1 aliphatic heterocycles. The van der Waals surface area contributed by atoms with Crippen LogP contribution < -0.4 is 5.32 Å². The number of nitrogens with zero attached hydrogens (tertiary/aromatic N) is 1. The molecule has 1 N–H and O–H groups in total. The zero-order chi connectivity index (χ0) is 19.7. The molecular weight excluding hydrogens is 360 g/mol. The van der Waals surface area contributed by atoms with E-state index in [0.717, 1.165) is 18.2 Å². The van der Waals surface area contributed by atoms with Crippen LogP contribution in [0.25, 0.3) is 10.8 Å². The Labute approximate surface area is 161 Å². The van der Waals surface area contributed by atoms with Gasteiger partial charge in [0.15, 0.2) is 6.61 Å². The minimum absolute atomic E-state index is 0.0274. The molecular formula is C21H20N2O5. The van der Waals surface area contributed by atoms with Gasteiger partial charge in [0.05, 0.1) is 0 Å². The van der Waals surface area contributed by atoms with Crippen molar-refractivity contribution in [2.45, 2.75) is 31.7 Å².